The molecule has 0 amide bonds. The Kier molecular flexibility index (Phi) is 1.66. The van der Waals surface area contributed by atoms with Gasteiger partial charge in [-0.2, -0.15) is 0 Å². The van der Waals surface area contributed by atoms with Gasteiger partial charge in [0, 0.05) is 11.3 Å². The highest BCUT2D eigenvalue weighted by molar-refractivity contribution is 5.94. The van der Waals surface area contributed by atoms with E-state index in [4.69, 9.17) is 0 Å². The van der Waals surface area contributed by atoms with Gasteiger partial charge in [-0.1, -0.05) is 38.1 Å². The molecule has 2 unspecified atom stereocenters. The predicted molar refractivity (Wildman–Crippen MR) is 59.9 cm³/mol. The Morgan fingerprint density at radius 2 is 1.80 bits per heavy atom. The number of Topliss-reactive ketones (excluding diaryl/α,β-unsaturated/α-hetero) is 1. The van der Waals surface area contributed by atoms with Gasteiger partial charge in [-0.15, -0.1) is 0 Å². The Morgan fingerprint density at radius 3 is 2.53 bits per heavy atom. The lowest BCUT2D eigenvalue weighted by Gasteiger charge is -2.47. The van der Waals surface area contributed by atoms with Crippen LogP contribution in [0.15, 0.2) is 24.3 Å². The molecule has 4 rings (SSSR count). The van der Waals surface area contributed by atoms with Crippen LogP contribution >= 0.6 is 0 Å². The topological polar surface area (TPSA) is 17.1 Å². The van der Waals surface area contributed by atoms with E-state index in [0.29, 0.717) is 11.7 Å². The summed E-state index contributed by atoms with van der Waals surface area (Å²) in [5.74, 6) is 1.09. The molecule has 0 aliphatic heterocycles. The highest BCUT2D eigenvalue weighted by Crippen LogP contribution is 2.55. The molecule has 0 aromatic heterocycles. The van der Waals surface area contributed by atoms with E-state index in [1.807, 2.05) is 0 Å². The van der Waals surface area contributed by atoms with Crippen molar-refractivity contribution >= 4 is 5.78 Å². The number of benzene rings is 1. The fourth-order valence-electron chi connectivity index (χ4n) is 3.43. The fraction of sp³-hybridized carbons (Fsp3) is 0.500. The first-order valence-corrected chi connectivity index (χ1v) is 5.75. The predicted octanol–water partition coefficient (Wildman–Crippen LogP) is 3.26. The van der Waals surface area contributed by atoms with Crippen LogP contribution in [-0.2, 0) is 4.79 Å². The van der Waals surface area contributed by atoms with E-state index in [1.54, 1.807) is 0 Å². The lowest BCUT2D eigenvalue weighted by molar-refractivity contribution is -0.133. The smallest absolute Gasteiger partial charge is 0.146 e. The number of hydrogen-bond acceptors (Lipinski definition) is 1. The van der Waals surface area contributed by atoms with E-state index in [2.05, 4.69) is 38.1 Å². The van der Waals surface area contributed by atoms with Gasteiger partial charge in [-0.3, -0.25) is 4.79 Å². The summed E-state index contributed by atoms with van der Waals surface area (Å²) >= 11 is 0. The molecule has 2 atom stereocenters. The van der Waals surface area contributed by atoms with Crippen molar-refractivity contribution < 1.29 is 4.79 Å². The quantitative estimate of drug-likeness (QED) is 0.628. The third-order valence-corrected chi connectivity index (χ3v) is 4.31. The Labute approximate surface area is 90.5 Å². The zero-order valence-electron chi connectivity index (χ0n) is 9.29. The maximum absolute atomic E-state index is 12.3. The minimum absolute atomic E-state index is 0.142. The van der Waals surface area contributed by atoms with Crippen molar-refractivity contribution in [2.45, 2.75) is 38.5 Å². The third-order valence-electron chi connectivity index (χ3n) is 4.31. The lowest BCUT2D eigenvalue weighted by Crippen LogP contribution is -2.44. The van der Waals surface area contributed by atoms with Crippen molar-refractivity contribution in [3.63, 3.8) is 0 Å². The summed E-state index contributed by atoms with van der Waals surface area (Å²) in [6.45, 7) is 4.23. The van der Waals surface area contributed by atoms with Gasteiger partial charge in [0.05, 0.1) is 0 Å². The molecule has 1 aromatic carbocycles. The van der Waals surface area contributed by atoms with Crippen molar-refractivity contribution in [1.82, 2.24) is 0 Å². The zero-order chi connectivity index (χ0) is 10.6. The zero-order valence-corrected chi connectivity index (χ0v) is 9.29. The van der Waals surface area contributed by atoms with Gasteiger partial charge in [0.2, 0.25) is 0 Å². The number of ketones is 1. The fourth-order valence-corrected chi connectivity index (χ4v) is 3.43. The summed E-state index contributed by atoms with van der Waals surface area (Å²) in [5, 5.41) is 0. The first-order chi connectivity index (χ1) is 7.12. The van der Waals surface area contributed by atoms with E-state index in [0.717, 1.165) is 6.42 Å². The first kappa shape index (κ1) is 9.14. The van der Waals surface area contributed by atoms with Gasteiger partial charge in [0.15, 0.2) is 0 Å². The van der Waals surface area contributed by atoms with E-state index in [-0.39, 0.29) is 11.3 Å². The van der Waals surface area contributed by atoms with E-state index in [9.17, 15) is 4.79 Å². The lowest BCUT2D eigenvalue weighted by atomic mass is 9.55. The number of hydrogen-bond donors (Lipinski definition) is 0. The number of carbonyl (C=O) groups is 1. The molecule has 3 aliphatic carbocycles. The Morgan fingerprint density at radius 1 is 1.13 bits per heavy atom. The van der Waals surface area contributed by atoms with Crippen LogP contribution in [0.5, 0.6) is 0 Å². The van der Waals surface area contributed by atoms with Crippen LogP contribution in [0.3, 0.4) is 0 Å². The Bertz CT molecular complexity index is 431. The summed E-state index contributed by atoms with van der Waals surface area (Å²) in [6, 6.07) is 8.50. The SMILES string of the molecule is CC1(C)C(=O)C2CCC1c1ccccc12. The Balaban J connectivity index is 2.25. The molecule has 1 fully saturated rings. The average molecular weight is 200 g/mol. The summed E-state index contributed by atoms with van der Waals surface area (Å²) in [4.78, 5) is 12.3. The summed E-state index contributed by atoms with van der Waals surface area (Å²) in [6.07, 6.45) is 2.24. The second-order valence-corrected chi connectivity index (χ2v) is 5.40. The molecule has 1 saturated carbocycles. The maximum atomic E-state index is 12.3. The molecule has 0 heterocycles. The second-order valence-electron chi connectivity index (χ2n) is 5.40. The maximum Gasteiger partial charge on any atom is 0.146 e. The van der Waals surface area contributed by atoms with Crippen molar-refractivity contribution in [3.8, 4) is 0 Å². The van der Waals surface area contributed by atoms with Crippen molar-refractivity contribution in [2.24, 2.45) is 5.41 Å². The molecular weight excluding hydrogens is 184 g/mol. The highest BCUT2D eigenvalue weighted by atomic mass is 16.1. The van der Waals surface area contributed by atoms with Crippen molar-refractivity contribution in [1.29, 1.82) is 0 Å². The largest absolute Gasteiger partial charge is 0.298 e. The van der Waals surface area contributed by atoms with Crippen molar-refractivity contribution in [2.75, 3.05) is 0 Å². The van der Waals surface area contributed by atoms with Gasteiger partial charge in [0.25, 0.3) is 0 Å². The highest BCUT2D eigenvalue weighted by Gasteiger charge is 2.50. The van der Waals surface area contributed by atoms with E-state index >= 15 is 0 Å². The van der Waals surface area contributed by atoms with Crippen LogP contribution in [0.4, 0.5) is 0 Å². The van der Waals surface area contributed by atoms with Gasteiger partial charge in [0.1, 0.15) is 5.78 Å². The minimum atomic E-state index is -0.142. The summed E-state index contributed by atoms with van der Waals surface area (Å²) in [5.41, 5.74) is 2.59. The molecule has 2 bridgehead atoms. The van der Waals surface area contributed by atoms with Crippen LogP contribution in [0.1, 0.15) is 49.7 Å². The van der Waals surface area contributed by atoms with Gasteiger partial charge < -0.3 is 0 Å². The molecule has 78 valence electrons. The summed E-state index contributed by atoms with van der Waals surface area (Å²) < 4.78 is 0. The van der Waals surface area contributed by atoms with Crippen LogP contribution < -0.4 is 0 Å². The first-order valence-electron chi connectivity index (χ1n) is 5.75. The molecule has 1 nitrogen and oxygen atoms in total. The number of carbonyl (C=O) groups excluding carboxylic acids is 1. The number of rotatable bonds is 0. The van der Waals surface area contributed by atoms with Crippen LogP contribution in [-0.4, -0.2) is 5.78 Å². The normalized spacial score (nSPS) is 31.5. The van der Waals surface area contributed by atoms with Gasteiger partial charge in [-0.25, -0.2) is 0 Å². The van der Waals surface area contributed by atoms with Crippen molar-refractivity contribution in [3.05, 3.63) is 35.4 Å². The van der Waals surface area contributed by atoms with E-state index < -0.39 is 0 Å². The molecule has 3 aliphatic rings. The monoisotopic (exact) mass is 200 g/mol. The molecule has 0 spiro atoms. The molecule has 0 radical (unpaired) electrons. The molecule has 0 N–H and O–H groups in total. The number of fused-ring (bicyclic) bond motifs is 2. The molecule has 15 heavy (non-hydrogen) atoms. The van der Waals surface area contributed by atoms with Gasteiger partial charge in [-0.05, 0) is 29.9 Å². The molecule has 0 saturated heterocycles. The molecular formula is C14H16O. The van der Waals surface area contributed by atoms with E-state index in [1.165, 1.54) is 17.5 Å². The van der Waals surface area contributed by atoms with Gasteiger partial charge >= 0.3 is 0 Å². The standard InChI is InChI=1S/C14H16O/c1-14(2)12-8-7-11(13(14)15)9-5-3-4-6-10(9)12/h3-6,11-12H,7-8H2,1-2H3. The average Bonchev–Trinajstić information content (AvgIpc) is 2.24. The Hall–Kier alpha value is -1.11. The molecule has 1 heteroatoms. The second kappa shape index (κ2) is 2.72. The third kappa shape index (κ3) is 1.01. The summed E-state index contributed by atoms with van der Waals surface area (Å²) in [7, 11) is 0. The minimum Gasteiger partial charge on any atom is -0.298 e. The van der Waals surface area contributed by atoms with Crippen LogP contribution in [0.2, 0.25) is 0 Å². The van der Waals surface area contributed by atoms with Crippen LogP contribution in [0, 0.1) is 5.41 Å². The van der Waals surface area contributed by atoms with Crippen LogP contribution in [0.25, 0.3) is 0 Å². The molecule has 1 aromatic rings.